The van der Waals surface area contributed by atoms with Gasteiger partial charge in [-0.1, -0.05) is 44.9 Å². The predicted molar refractivity (Wildman–Crippen MR) is 89.0 cm³/mol. The first kappa shape index (κ1) is 15.3. The Morgan fingerprint density at radius 3 is 2.71 bits per heavy atom. The van der Waals surface area contributed by atoms with Crippen LogP contribution in [0.1, 0.15) is 65.7 Å². The normalized spacial score (nSPS) is 49.8. The molecule has 1 N–H and O–H groups in total. The lowest BCUT2D eigenvalue weighted by atomic mass is 9.46. The van der Waals surface area contributed by atoms with E-state index in [1.165, 1.54) is 38.5 Å². The van der Waals surface area contributed by atoms with E-state index in [0.717, 1.165) is 12.3 Å². The molecule has 0 aromatic carbocycles. The summed E-state index contributed by atoms with van der Waals surface area (Å²) in [4.78, 5) is 0. The van der Waals surface area contributed by atoms with E-state index in [1.807, 2.05) is 0 Å². The van der Waals surface area contributed by atoms with Crippen LogP contribution in [0.3, 0.4) is 0 Å². The molecular formula is C20H32O. The molecule has 0 aliphatic heterocycles. The van der Waals surface area contributed by atoms with Gasteiger partial charge < -0.3 is 5.11 Å². The highest BCUT2D eigenvalue weighted by Crippen LogP contribution is 2.63. The number of hydrogen-bond donors (Lipinski definition) is 1. The van der Waals surface area contributed by atoms with Crippen molar-refractivity contribution in [3.63, 3.8) is 0 Å². The Labute approximate surface area is 130 Å². The Kier molecular flexibility index (Phi) is 3.64. The van der Waals surface area contributed by atoms with Crippen molar-refractivity contribution in [2.75, 3.05) is 6.61 Å². The Morgan fingerprint density at radius 2 is 2.05 bits per heavy atom. The Bertz CT molecular complexity index is 464. The number of hydrogen-bond acceptors (Lipinski definition) is 1. The first-order valence-corrected chi connectivity index (χ1v) is 8.82. The monoisotopic (exact) mass is 288 g/mol. The van der Waals surface area contributed by atoms with E-state index in [4.69, 9.17) is 0 Å². The molecule has 0 saturated heterocycles. The topological polar surface area (TPSA) is 20.2 Å². The van der Waals surface area contributed by atoms with Crippen LogP contribution in [0.5, 0.6) is 0 Å². The van der Waals surface area contributed by atoms with Gasteiger partial charge in [-0.2, -0.15) is 0 Å². The van der Waals surface area contributed by atoms with Crippen molar-refractivity contribution in [2.24, 2.45) is 28.1 Å². The summed E-state index contributed by atoms with van der Waals surface area (Å²) < 4.78 is 0. The number of rotatable bonds is 2. The third kappa shape index (κ3) is 2.23. The van der Waals surface area contributed by atoms with Crippen molar-refractivity contribution in [3.05, 3.63) is 24.3 Å². The van der Waals surface area contributed by atoms with Gasteiger partial charge in [0, 0.05) is 6.61 Å². The van der Waals surface area contributed by atoms with Crippen molar-refractivity contribution in [1.29, 1.82) is 0 Å². The van der Waals surface area contributed by atoms with Crippen molar-refractivity contribution in [1.82, 2.24) is 0 Å². The van der Waals surface area contributed by atoms with Crippen LogP contribution < -0.4 is 0 Å². The zero-order valence-corrected chi connectivity index (χ0v) is 14.1. The van der Waals surface area contributed by atoms with Crippen LogP contribution in [0.15, 0.2) is 24.3 Å². The standard InChI is InChI=1S/C20H32O/c1-5-18(2)12-9-16-15(13-18)7-8-17-19(3,14-21)10-6-11-20(16,17)4/h5,9,15,17,21H,1,6-8,10-14H2,2-4H3/t15?,17?,18-,19+,20+/m1/s1. The molecule has 5 atom stereocenters. The van der Waals surface area contributed by atoms with Crippen LogP contribution >= 0.6 is 0 Å². The lowest BCUT2D eigenvalue weighted by Crippen LogP contribution is -2.51. The maximum Gasteiger partial charge on any atom is 0.0487 e. The molecule has 1 heteroatoms. The van der Waals surface area contributed by atoms with E-state index in [2.05, 4.69) is 39.5 Å². The van der Waals surface area contributed by atoms with E-state index in [0.29, 0.717) is 23.4 Å². The number of aliphatic hydroxyl groups is 1. The molecule has 0 aromatic rings. The van der Waals surface area contributed by atoms with Crippen molar-refractivity contribution in [2.45, 2.75) is 65.7 Å². The molecular weight excluding hydrogens is 256 g/mol. The Hall–Kier alpha value is -0.560. The molecule has 3 aliphatic carbocycles. The van der Waals surface area contributed by atoms with Gasteiger partial charge in [0.25, 0.3) is 0 Å². The minimum Gasteiger partial charge on any atom is -0.396 e. The first-order chi connectivity index (χ1) is 9.87. The summed E-state index contributed by atoms with van der Waals surface area (Å²) in [5.41, 5.74) is 2.50. The fourth-order valence-electron chi connectivity index (χ4n) is 5.94. The van der Waals surface area contributed by atoms with Crippen LogP contribution in [0.2, 0.25) is 0 Å². The maximum atomic E-state index is 9.99. The largest absolute Gasteiger partial charge is 0.396 e. The van der Waals surface area contributed by atoms with Crippen LogP contribution in [0.25, 0.3) is 0 Å². The van der Waals surface area contributed by atoms with Gasteiger partial charge in [0.2, 0.25) is 0 Å². The minimum absolute atomic E-state index is 0.137. The van der Waals surface area contributed by atoms with Gasteiger partial charge in [0.1, 0.15) is 0 Å². The Balaban J connectivity index is 1.96. The van der Waals surface area contributed by atoms with Gasteiger partial charge in [0.05, 0.1) is 0 Å². The quantitative estimate of drug-likeness (QED) is 0.700. The molecule has 0 heterocycles. The first-order valence-electron chi connectivity index (χ1n) is 8.82. The number of allylic oxidation sites excluding steroid dienone is 3. The lowest BCUT2D eigenvalue weighted by molar-refractivity contribution is -0.0558. The van der Waals surface area contributed by atoms with Gasteiger partial charge in [0.15, 0.2) is 0 Å². The van der Waals surface area contributed by atoms with Gasteiger partial charge in [-0.15, -0.1) is 6.58 Å². The summed E-state index contributed by atoms with van der Waals surface area (Å²) in [6.45, 7) is 11.6. The summed E-state index contributed by atoms with van der Waals surface area (Å²) >= 11 is 0. The van der Waals surface area contributed by atoms with E-state index in [-0.39, 0.29) is 5.41 Å². The molecule has 2 fully saturated rings. The predicted octanol–water partition coefficient (Wildman–Crippen LogP) is 5.11. The molecule has 2 unspecified atom stereocenters. The Morgan fingerprint density at radius 1 is 1.29 bits per heavy atom. The fraction of sp³-hybridized carbons (Fsp3) is 0.800. The SMILES string of the molecule is C=C[C@]1(C)CC=C2C(CCC3[C@](C)(CO)CCC[C@@]23C)C1. The average Bonchev–Trinajstić information content (AvgIpc) is 2.46. The highest BCUT2D eigenvalue weighted by Gasteiger charge is 2.54. The number of fused-ring (bicyclic) bond motifs is 3. The van der Waals surface area contributed by atoms with Crippen LogP contribution in [-0.4, -0.2) is 11.7 Å². The summed E-state index contributed by atoms with van der Waals surface area (Å²) in [7, 11) is 0. The summed E-state index contributed by atoms with van der Waals surface area (Å²) in [5, 5.41) is 9.99. The third-order valence-electron chi connectivity index (χ3n) is 7.31. The third-order valence-corrected chi connectivity index (χ3v) is 7.31. The minimum atomic E-state index is 0.137. The summed E-state index contributed by atoms with van der Waals surface area (Å²) in [5.74, 6) is 1.42. The van der Waals surface area contributed by atoms with Crippen molar-refractivity contribution >= 4 is 0 Å². The molecule has 0 radical (unpaired) electrons. The maximum absolute atomic E-state index is 9.99. The van der Waals surface area contributed by atoms with Gasteiger partial charge in [-0.3, -0.25) is 0 Å². The lowest BCUT2D eigenvalue weighted by Gasteiger charge is -2.59. The summed E-state index contributed by atoms with van der Waals surface area (Å²) in [6.07, 6.45) is 13.6. The van der Waals surface area contributed by atoms with E-state index >= 15 is 0 Å². The molecule has 0 bridgehead atoms. The van der Waals surface area contributed by atoms with Crippen LogP contribution in [0.4, 0.5) is 0 Å². The highest BCUT2D eigenvalue weighted by molar-refractivity contribution is 5.28. The van der Waals surface area contributed by atoms with Gasteiger partial charge in [-0.05, 0) is 66.6 Å². The molecule has 3 aliphatic rings. The smallest absolute Gasteiger partial charge is 0.0487 e. The molecule has 1 nitrogen and oxygen atoms in total. The molecule has 118 valence electrons. The molecule has 0 aromatic heterocycles. The van der Waals surface area contributed by atoms with Gasteiger partial charge >= 0.3 is 0 Å². The molecule has 0 spiro atoms. The second-order valence-corrected chi connectivity index (χ2v) is 8.84. The van der Waals surface area contributed by atoms with E-state index < -0.39 is 0 Å². The van der Waals surface area contributed by atoms with E-state index in [1.54, 1.807) is 5.57 Å². The molecule has 2 saturated carbocycles. The van der Waals surface area contributed by atoms with E-state index in [9.17, 15) is 5.11 Å². The zero-order chi connectivity index (χ0) is 15.3. The van der Waals surface area contributed by atoms with Crippen LogP contribution in [-0.2, 0) is 0 Å². The highest BCUT2D eigenvalue weighted by atomic mass is 16.3. The zero-order valence-electron chi connectivity index (χ0n) is 14.1. The number of aliphatic hydroxyl groups excluding tert-OH is 1. The molecule has 0 amide bonds. The van der Waals surface area contributed by atoms with Crippen molar-refractivity contribution in [3.8, 4) is 0 Å². The summed E-state index contributed by atoms with van der Waals surface area (Å²) in [6, 6.07) is 0. The fourth-order valence-corrected chi connectivity index (χ4v) is 5.94. The second kappa shape index (κ2) is 4.98. The van der Waals surface area contributed by atoms with Crippen molar-refractivity contribution < 1.29 is 5.11 Å². The molecule has 21 heavy (non-hydrogen) atoms. The van der Waals surface area contributed by atoms with Crippen LogP contribution in [0, 0.1) is 28.1 Å². The molecule has 3 rings (SSSR count). The van der Waals surface area contributed by atoms with Gasteiger partial charge in [-0.25, -0.2) is 0 Å². The average molecular weight is 288 g/mol. The second-order valence-electron chi connectivity index (χ2n) is 8.84.